The molecular formula is C11H17N3O2. The molecule has 1 aliphatic heterocycles. The van der Waals surface area contributed by atoms with Crippen molar-refractivity contribution in [3.05, 3.63) is 23.7 Å². The molecule has 16 heavy (non-hydrogen) atoms. The molecule has 0 bridgehead atoms. The second-order valence-electron chi connectivity index (χ2n) is 4.33. The van der Waals surface area contributed by atoms with Gasteiger partial charge in [0.1, 0.15) is 17.6 Å². The van der Waals surface area contributed by atoms with E-state index in [9.17, 15) is 4.79 Å². The molecular weight excluding hydrogens is 206 g/mol. The van der Waals surface area contributed by atoms with E-state index in [1.807, 2.05) is 26.0 Å². The van der Waals surface area contributed by atoms with Gasteiger partial charge < -0.3 is 20.4 Å². The van der Waals surface area contributed by atoms with Gasteiger partial charge in [-0.15, -0.1) is 0 Å². The van der Waals surface area contributed by atoms with Crippen LogP contribution in [-0.4, -0.2) is 30.1 Å². The van der Waals surface area contributed by atoms with Crippen LogP contribution in [0, 0.1) is 6.92 Å². The number of amides is 2. The Labute approximate surface area is 94.6 Å². The van der Waals surface area contributed by atoms with Crippen molar-refractivity contribution in [2.75, 3.05) is 13.1 Å². The molecule has 5 nitrogen and oxygen atoms in total. The highest BCUT2D eigenvalue weighted by molar-refractivity contribution is 5.77. The van der Waals surface area contributed by atoms with E-state index in [-0.39, 0.29) is 18.1 Å². The molecule has 0 radical (unpaired) electrons. The fraction of sp³-hybridized carbons (Fsp3) is 0.545. The summed E-state index contributed by atoms with van der Waals surface area (Å²) in [6.45, 7) is 4.97. The van der Waals surface area contributed by atoms with E-state index in [2.05, 4.69) is 5.32 Å². The van der Waals surface area contributed by atoms with Crippen LogP contribution in [0.4, 0.5) is 4.79 Å². The van der Waals surface area contributed by atoms with Gasteiger partial charge in [-0.3, -0.25) is 0 Å². The third-order valence-corrected chi connectivity index (χ3v) is 2.60. The van der Waals surface area contributed by atoms with Gasteiger partial charge in [-0.2, -0.15) is 0 Å². The third-order valence-electron chi connectivity index (χ3n) is 2.60. The van der Waals surface area contributed by atoms with Crippen LogP contribution in [0.5, 0.6) is 0 Å². The summed E-state index contributed by atoms with van der Waals surface area (Å²) in [5, 5.41) is 2.88. The third kappa shape index (κ3) is 2.19. The van der Waals surface area contributed by atoms with Gasteiger partial charge in [0.05, 0.1) is 6.54 Å². The summed E-state index contributed by atoms with van der Waals surface area (Å²) in [5.41, 5.74) is 5.68. The normalized spacial score (nSPS) is 22.3. The minimum Gasteiger partial charge on any atom is -0.464 e. The van der Waals surface area contributed by atoms with Crippen molar-refractivity contribution in [1.29, 1.82) is 0 Å². The number of aryl methyl sites for hydroxylation is 1. The van der Waals surface area contributed by atoms with Crippen molar-refractivity contribution in [3.8, 4) is 0 Å². The van der Waals surface area contributed by atoms with Crippen LogP contribution in [0.3, 0.4) is 0 Å². The fourth-order valence-electron chi connectivity index (χ4n) is 1.90. The summed E-state index contributed by atoms with van der Waals surface area (Å²) < 4.78 is 5.50. The van der Waals surface area contributed by atoms with E-state index in [1.165, 1.54) is 0 Å². The molecule has 0 saturated carbocycles. The Hall–Kier alpha value is -1.49. The molecule has 0 aliphatic carbocycles. The highest BCUT2D eigenvalue weighted by Gasteiger charge is 2.31. The van der Waals surface area contributed by atoms with Gasteiger partial charge in [-0.1, -0.05) is 0 Å². The fourth-order valence-corrected chi connectivity index (χ4v) is 1.90. The summed E-state index contributed by atoms with van der Waals surface area (Å²) in [6, 6.07) is 3.66. The molecule has 2 unspecified atom stereocenters. The SMILES string of the molecule is Cc1ccc(C2CN(CC(C)N)C(=O)N2)o1. The molecule has 0 spiro atoms. The maximum atomic E-state index is 11.6. The lowest BCUT2D eigenvalue weighted by Crippen LogP contribution is -2.37. The van der Waals surface area contributed by atoms with E-state index in [0.717, 1.165) is 11.5 Å². The monoisotopic (exact) mass is 223 g/mol. The number of urea groups is 1. The predicted octanol–water partition coefficient (Wildman–Crippen LogP) is 1.00. The molecule has 1 aromatic heterocycles. The van der Waals surface area contributed by atoms with E-state index in [1.54, 1.807) is 4.90 Å². The number of nitrogens with two attached hydrogens (primary N) is 1. The number of nitrogens with one attached hydrogen (secondary N) is 1. The highest BCUT2D eigenvalue weighted by Crippen LogP contribution is 2.22. The Balaban J connectivity index is 2.03. The number of carbonyl (C=O) groups excluding carboxylic acids is 1. The first-order valence-corrected chi connectivity index (χ1v) is 5.43. The largest absolute Gasteiger partial charge is 0.464 e. The average molecular weight is 223 g/mol. The molecule has 1 aromatic rings. The first kappa shape index (κ1) is 11.0. The zero-order valence-electron chi connectivity index (χ0n) is 9.56. The van der Waals surface area contributed by atoms with Crippen LogP contribution < -0.4 is 11.1 Å². The lowest BCUT2D eigenvalue weighted by Gasteiger charge is -2.16. The maximum Gasteiger partial charge on any atom is 0.318 e. The van der Waals surface area contributed by atoms with Crippen LogP contribution in [0.25, 0.3) is 0 Å². The maximum absolute atomic E-state index is 11.6. The number of nitrogens with zero attached hydrogens (tertiary/aromatic N) is 1. The van der Waals surface area contributed by atoms with Crippen LogP contribution in [0.15, 0.2) is 16.5 Å². The number of furan rings is 1. The van der Waals surface area contributed by atoms with Crippen molar-refractivity contribution in [2.45, 2.75) is 25.9 Å². The van der Waals surface area contributed by atoms with Gasteiger partial charge in [0.25, 0.3) is 0 Å². The number of hydrogen-bond acceptors (Lipinski definition) is 3. The summed E-state index contributed by atoms with van der Waals surface area (Å²) in [6.07, 6.45) is 0. The molecule has 2 heterocycles. The van der Waals surface area contributed by atoms with Gasteiger partial charge in [0.2, 0.25) is 0 Å². The van der Waals surface area contributed by atoms with Crippen LogP contribution in [0.1, 0.15) is 24.5 Å². The Kier molecular flexibility index (Phi) is 2.87. The van der Waals surface area contributed by atoms with Gasteiger partial charge in [0, 0.05) is 12.6 Å². The zero-order chi connectivity index (χ0) is 11.7. The van der Waals surface area contributed by atoms with Crippen molar-refractivity contribution in [3.63, 3.8) is 0 Å². The Bertz CT molecular complexity index is 386. The van der Waals surface area contributed by atoms with Crippen molar-refractivity contribution < 1.29 is 9.21 Å². The lowest BCUT2D eigenvalue weighted by atomic mass is 10.2. The van der Waals surface area contributed by atoms with Gasteiger partial charge in [-0.05, 0) is 26.0 Å². The average Bonchev–Trinajstić information content (AvgIpc) is 2.74. The minimum atomic E-state index is -0.0728. The molecule has 2 atom stereocenters. The number of rotatable bonds is 3. The Morgan fingerprint density at radius 2 is 2.44 bits per heavy atom. The quantitative estimate of drug-likeness (QED) is 0.803. The smallest absolute Gasteiger partial charge is 0.318 e. The molecule has 5 heteroatoms. The van der Waals surface area contributed by atoms with E-state index >= 15 is 0 Å². The van der Waals surface area contributed by atoms with E-state index < -0.39 is 0 Å². The topological polar surface area (TPSA) is 71.5 Å². The molecule has 1 fully saturated rings. The molecule has 2 amide bonds. The Morgan fingerprint density at radius 1 is 1.69 bits per heavy atom. The van der Waals surface area contributed by atoms with Gasteiger partial charge in [-0.25, -0.2) is 4.79 Å². The first-order valence-electron chi connectivity index (χ1n) is 5.43. The van der Waals surface area contributed by atoms with Crippen LogP contribution >= 0.6 is 0 Å². The van der Waals surface area contributed by atoms with Crippen molar-refractivity contribution >= 4 is 6.03 Å². The molecule has 1 aliphatic rings. The summed E-state index contributed by atoms with van der Waals surface area (Å²) in [4.78, 5) is 13.3. The highest BCUT2D eigenvalue weighted by atomic mass is 16.3. The first-order chi connectivity index (χ1) is 7.56. The molecule has 2 rings (SSSR count). The predicted molar refractivity (Wildman–Crippen MR) is 59.9 cm³/mol. The second-order valence-corrected chi connectivity index (χ2v) is 4.33. The van der Waals surface area contributed by atoms with Gasteiger partial charge in [0.15, 0.2) is 0 Å². The summed E-state index contributed by atoms with van der Waals surface area (Å²) in [5.74, 6) is 1.66. The Morgan fingerprint density at radius 3 is 3.00 bits per heavy atom. The standard InChI is InChI=1S/C11H17N3O2/c1-7(12)5-14-6-9(13-11(14)15)10-4-3-8(2)16-10/h3-4,7,9H,5-6,12H2,1-2H3,(H,13,15). The van der Waals surface area contributed by atoms with Crippen molar-refractivity contribution in [2.24, 2.45) is 5.73 Å². The number of carbonyl (C=O) groups is 1. The lowest BCUT2D eigenvalue weighted by molar-refractivity contribution is 0.215. The second kappa shape index (κ2) is 4.17. The molecule has 0 aromatic carbocycles. The summed E-state index contributed by atoms with van der Waals surface area (Å²) >= 11 is 0. The van der Waals surface area contributed by atoms with Crippen LogP contribution in [0.2, 0.25) is 0 Å². The van der Waals surface area contributed by atoms with Crippen LogP contribution in [-0.2, 0) is 0 Å². The summed E-state index contributed by atoms with van der Waals surface area (Å²) in [7, 11) is 0. The van der Waals surface area contributed by atoms with E-state index in [0.29, 0.717) is 13.1 Å². The molecule has 3 N–H and O–H groups in total. The van der Waals surface area contributed by atoms with Gasteiger partial charge >= 0.3 is 6.03 Å². The molecule has 1 saturated heterocycles. The minimum absolute atomic E-state index is 0.0113. The zero-order valence-corrected chi connectivity index (χ0v) is 9.56. The van der Waals surface area contributed by atoms with Crippen molar-refractivity contribution in [1.82, 2.24) is 10.2 Å². The van der Waals surface area contributed by atoms with E-state index in [4.69, 9.17) is 10.2 Å². The molecule has 88 valence electrons. The number of hydrogen-bond donors (Lipinski definition) is 2.